The van der Waals surface area contributed by atoms with Gasteiger partial charge in [-0.25, -0.2) is 9.38 Å². The Kier molecular flexibility index (Phi) is 6.64. The molecule has 1 aliphatic heterocycles. The molecule has 1 aliphatic carbocycles. The molecule has 1 saturated heterocycles. The van der Waals surface area contributed by atoms with Gasteiger partial charge in [0.2, 0.25) is 5.75 Å². The number of rotatable bonds is 5. The van der Waals surface area contributed by atoms with Gasteiger partial charge in [-0.3, -0.25) is 19.8 Å². The summed E-state index contributed by atoms with van der Waals surface area (Å²) >= 11 is 1.10. The Balaban J connectivity index is 1.76. The molecule has 2 aliphatic rings. The number of nitrogens with zero attached hydrogens (tertiary/aromatic N) is 3. The van der Waals surface area contributed by atoms with Crippen molar-refractivity contribution in [2.75, 3.05) is 7.11 Å². The number of amides is 1. The fraction of sp³-hybridized carbons (Fsp3) is 0.304. The molecule has 33 heavy (non-hydrogen) atoms. The Labute approximate surface area is 193 Å². The van der Waals surface area contributed by atoms with Crippen LogP contribution >= 0.6 is 11.8 Å². The summed E-state index contributed by atoms with van der Waals surface area (Å²) < 4.78 is 19.3. The van der Waals surface area contributed by atoms with E-state index in [1.165, 1.54) is 31.4 Å². The first-order valence-corrected chi connectivity index (χ1v) is 11.3. The van der Waals surface area contributed by atoms with Gasteiger partial charge in [-0.05, 0) is 54.4 Å². The number of aromatic hydroxyl groups is 1. The minimum Gasteiger partial charge on any atom is -0.500 e. The van der Waals surface area contributed by atoms with E-state index >= 15 is 0 Å². The number of nitro groups is 1. The van der Waals surface area contributed by atoms with Crippen molar-refractivity contribution >= 4 is 40.3 Å². The van der Waals surface area contributed by atoms with Crippen molar-refractivity contribution in [3.05, 3.63) is 62.8 Å². The van der Waals surface area contributed by atoms with E-state index in [1.54, 1.807) is 23.1 Å². The molecule has 2 aromatic rings. The summed E-state index contributed by atoms with van der Waals surface area (Å²) in [7, 11) is 1.29. The first-order valence-electron chi connectivity index (χ1n) is 10.5. The summed E-state index contributed by atoms with van der Waals surface area (Å²) in [5.74, 6) is -1.42. The second-order valence-corrected chi connectivity index (χ2v) is 8.78. The van der Waals surface area contributed by atoms with Crippen molar-refractivity contribution in [1.29, 1.82) is 0 Å². The third kappa shape index (κ3) is 4.70. The third-order valence-electron chi connectivity index (χ3n) is 5.64. The van der Waals surface area contributed by atoms with Gasteiger partial charge in [0.05, 0.1) is 16.9 Å². The van der Waals surface area contributed by atoms with Gasteiger partial charge in [0.25, 0.3) is 5.91 Å². The van der Waals surface area contributed by atoms with Gasteiger partial charge in [0, 0.05) is 12.1 Å². The standard InChI is InChI=1S/C23H22FN3O5S/c1-32-19-12-14(11-18(21(19)28)27(30)31)13-20-22(29)26(15-7-3-2-4-8-15)23(33-20)25-17-10-6-5-9-16(17)24/h5-6,9-13,15,28H,2-4,7-8H2,1H3/b20-13-,25-23?. The van der Waals surface area contributed by atoms with Crippen LogP contribution in [0.3, 0.4) is 0 Å². The van der Waals surface area contributed by atoms with Crippen LogP contribution in [-0.2, 0) is 4.79 Å². The van der Waals surface area contributed by atoms with Crippen LogP contribution in [0, 0.1) is 15.9 Å². The maximum atomic E-state index is 14.3. The molecule has 172 valence electrons. The van der Waals surface area contributed by atoms with Gasteiger partial charge in [-0.1, -0.05) is 31.4 Å². The average Bonchev–Trinajstić information content (AvgIpc) is 3.11. The molecule has 0 atom stereocenters. The minimum absolute atomic E-state index is 0.0427. The number of hydrogen-bond acceptors (Lipinski definition) is 7. The van der Waals surface area contributed by atoms with Crippen molar-refractivity contribution in [2.24, 2.45) is 4.99 Å². The predicted molar refractivity (Wildman–Crippen MR) is 124 cm³/mol. The molecule has 2 aromatic carbocycles. The summed E-state index contributed by atoms with van der Waals surface area (Å²) in [4.78, 5) is 30.4. The SMILES string of the molecule is COc1cc(/C=C2\SC(=Nc3ccccc3F)N(C3CCCCC3)C2=O)cc([N+](=O)[O-])c1O. The Morgan fingerprint density at radius 3 is 2.67 bits per heavy atom. The number of nitro benzene ring substituents is 1. The summed E-state index contributed by atoms with van der Waals surface area (Å²) in [6, 6.07) is 8.65. The lowest BCUT2D eigenvalue weighted by atomic mass is 9.94. The fourth-order valence-corrected chi connectivity index (χ4v) is 5.07. The van der Waals surface area contributed by atoms with Crippen LogP contribution in [0.5, 0.6) is 11.5 Å². The van der Waals surface area contributed by atoms with Gasteiger partial charge < -0.3 is 9.84 Å². The second-order valence-electron chi connectivity index (χ2n) is 7.77. The molecular formula is C23H22FN3O5S. The number of benzene rings is 2. The molecule has 0 spiro atoms. The van der Waals surface area contributed by atoms with E-state index in [0.29, 0.717) is 15.6 Å². The lowest BCUT2D eigenvalue weighted by Crippen LogP contribution is -2.40. The zero-order valence-electron chi connectivity index (χ0n) is 17.9. The zero-order chi connectivity index (χ0) is 23.5. The molecule has 0 aromatic heterocycles. The number of carbonyl (C=O) groups is 1. The molecule has 1 amide bonds. The van der Waals surface area contributed by atoms with E-state index in [9.17, 15) is 24.4 Å². The zero-order valence-corrected chi connectivity index (χ0v) is 18.7. The Bertz CT molecular complexity index is 1160. The van der Waals surface area contributed by atoms with E-state index in [2.05, 4.69) is 4.99 Å². The van der Waals surface area contributed by atoms with Crippen molar-refractivity contribution < 1.29 is 24.0 Å². The van der Waals surface area contributed by atoms with E-state index in [1.807, 2.05) is 0 Å². The monoisotopic (exact) mass is 471 g/mol. The quantitative estimate of drug-likeness (QED) is 0.356. The number of thioether (sulfide) groups is 1. The van der Waals surface area contributed by atoms with E-state index in [-0.39, 0.29) is 23.4 Å². The first kappa shape index (κ1) is 22.8. The van der Waals surface area contributed by atoms with E-state index in [0.717, 1.165) is 43.9 Å². The van der Waals surface area contributed by atoms with Gasteiger partial charge in [-0.15, -0.1) is 0 Å². The van der Waals surface area contributed by atoms with Gasteiger partial charge in [0.1, 0.15) is 11.5 Å². The summed E-state index contributed by atoms with van der Waals surface area (Å²) in [6.45, 7) is 0. The van der Waals surface area contributed by atoms with Crippen LogP contribution in [0.2, 0.25) is 0 Å². The third-order valence-corrected chi connectivity index (χ3v) is 6.62. The van der Waals surface area contributed by atoms with Gasteiger partial charge >= 0.3 is 5.69 Å². The smallest absolute Gasteiger partial charge is 0.315 e. The molecule has 1 N–H and O–H groups in total. The van der Waals surface area contributed by atoms with Crippen molar-refractivity contribution in [2.45, 2.75) is 38.1 Å². The lowest BCUT2D eigenvalue weighted by molar-refractivity contribution is -0.386. The summed E-state index contributed by atoms with van der Waals surface area (Å²) in [5, 5.41) is 21.7. The first-order chi connectivity index (χ1) is 15.9. The maximum absolute atomic E-state index is 14.3. The van der Waals surface area contributed by atoms with Crippen LogP contribution in [0.4, 0.5) is 15.8 Å². The average molecular weight is 472 g/mol. The van der Waals surface area contributed by atoms with Gasteiger partial charge in [-0.2, -0.15) is 0 Å². The van der Waals surface area contributed by atoms with Gasteiger partial charge in [0.15, 0.2) is 10.9 Å². The molecule has 1 saturated carbocycles. The van der Waals surface area contributed by atoms with Crippen LogP contribution in [0.15, 0.2) is 46.3 Å². The van der Waals surface area contributed by atoms with Crippen molar-refractivity contribution in [3.63, 3.8) is 0 Å². The molecular weight excluding hydrogens is 449 g/mol. The Hall–Kier alpha value is -3.40. The van der Waals surface area contributed by atoms with Crippen LogP contribution < -0.4 is 4.74 Å². The highest BCUT2D eigenvalue weighted by Crippen LogP contribution is 2.41. The predicted octanol–water partition coefficient (Wildman–Crippen LogP) is 5.38. The van der Waals surface area contributed by atoms with Crippen LogP contribution in [-0.4, -0.2) is 39.2 Å². The normalized spacial score (nSPS) is 19.5. The van der Waals surface area contributed by atoms with E-state index < -0.39 is 22.2 Å². The Morgan fingerprint density at radius 1 is 1.27 bits per heavy atom. The molecule has 0 radical (unpaired) electrons. The maximum Gasteiger partial charge on any atom is 0.315 e. The molecule has 0 bridgehead atoms. The number of ether oxygens (including phenoxy) is 1. The number of amidine groups is 1. The summed E-state index contributed by atoms with van der Waals surface area (Å²) in [5.41, 5.74) is -0.0687. The molecule has 10 heteroatoms. The van der Waals surface area contributed by atoms with Crippen molar-refractivity contribution in [1.82, 2.24) is 4.90 Å². The van der Waals surface area contributed by atoms with E-state index in [4.69, 9.17) is 4.74 Å². The number of phenols is 1. The Morgan fingerprint density at radius 2 is 2.00 bits per heavy atom. The number of phenolic OH excluding ortho intramolecular Hbond substituents is 1. The minimum atomic E-state index is -0.719. The molecule has 0 unspecified atom stereocenters. The largest absolute Gasteiger partial charge is 0.500 e. The molecule has 2 fully saturated rings. The number of methoxy groups -OCH3 is 1. The number of halogens is 1. The summed E-state index contributed by atoms with van der Waals surface area (Å²) in [6.07, 6.45) is 6.24. The highest BCUT2D eigenvalue weighted by molar-refractivity contribution is 8.18. The highest BCUT2D eigenvalue weighted by Gasteiger charge is 2.39. The number of aliphatic imine (C=N–C) groups is 1. The number of para-hydroxylation sites is 1. The topological polar surface area (TPSA) is 105 Å². The molecule has 1 heterocycles. The number of hydrogen-bond donors (Lipinski definition) is 1. The fourth-order valence-electron chi connectivity index (χ4n) is 4.01. The highest BCUT2D eigenvalue weighted by atomic mass is 32.2. The van der Waals surface area contributed by atoms with Crippen molar-refractivity contribution in [3.8, 4) is 11.5 Å². The second kappa shape index (κ2) is 9.62. The van der Waals surface area contributed by atoms with Crippen LogP contribution in [0.25, 0.3) is 6.08 Å². The molecule has 4 rings (SSSR count). The lowest BCUT2D eigenvalue weighted by Gasteiger charge is -2.30. The van der Waals surface area contributed by atoms with Crippen LogP contribution in [0.1, 0.15) is 37.7 Å². The number of carbonyl (C=O) groups excluding carboxylic acids is 1. The molecule has 8 nitrogen and oxygen atoms in total.